The molecule has 5 nitrogen and oxygen atoms in total. The lowest BCUT2D eigenvalue weighted by molar-refractivity contribution is 0.889. The molecule has 16 heavy (non-hydrogen) atoms. The first-order chi connectivity index (χ1) is 7.83. The molecule has 0 aliphatic carbocycles. The van der Waals surface area contributed by atoms with Crippen molar-refractivity contribution < 1.29 is 0 Å². The highest BCUT2D eigenvalue weighted by Gasteiger charge is 2.02. The third kappa shape index (κ3) is 1.38. The molecule has 0 aromatic carbocycles. The summed E-state index contributed by atoms with van der Waals surface area (Å²) in [6.45, 7) is 0. The second-order valence-corrected chi connectivity index (χ2v) is 3.41. The van der Waals surface area contributed by atoms with Crippen LogP contribution >= 0.6 is 0 Å². The molecule has 0 atom stereocenters. The summed E-state index contributed by atoms with van der Waals surface area (Å²) in [5.41, 5.74) is 2.21. The van der Waals surface area contributed by atoms with Crippen LogP contribution in [0.3, 0.4) is 0 Å². The summed E-state index contributed by atoms with van der Waals surface area (Å²) in [5.74, 6) is 0. The maximum Gasteiger partial charge on any atom is 0.248 e. The van der Waals surface area contributed by atoms with E-state index in [0.29, 0.717) is 0 Å². The van der Waals surface area contributed by atoms with Crippen molar-refractivity contribution in [2.75, 3.05) is 0 Å². The van der Waals surface area contributed by atoms with Gasteiger partial charge in [-0.05, 0) is 18.2 Å². The molecular weight excluding hydrogens is 204 g/mol. The summed E-state index contributed by atoms with van der Waals surface area (Å²) in [5, 5.41) is 4.33. The molecule has 0 bridgehead atoms. The van der Waals surface area contributed by atoms with Crippen molar-refractivity contribution in [3.05, 3.63) is 53.2 Å². The van der Waals surface area contributed by atoms with Crippen molar-refractivity contribution in [2.45, 2.75) is 0 Å². The number of H-pyrrole nitrogens is 1. The van der Waals surface area contributed by atoms with Crippen LogP contribution in [0.5, 0.6) is 0 Å². The van der Waals surface area contributed by atoms with Crippen LogP contribution in [-0.2, 0) is 0 Å². The van der Waals surface area contributed by atoms with Crippen LogP contribution in [0, 0.1) is 0 Å². The Kier molecular flexibility index (Phi) is 1.83. The first kappa shape index (κ1) is 8.84. The monoisotopic (exact) mass is 212 g/mol. The zero-order chi connectivity index (χ0) is 11.0. The van der Waals surface area contributed by atoms with E-state index in [1.165, 1.54) is 6.07 Å². The topological polar surface area (TPSA) is 63.6 Å². The summed E-state index contributed by atoms with van der Waals surface area (Å²) in [7, 11) is 0. The van der Waals surface area contributed by atoms with Crippen LogP contribution in [-0.4, -0.2) is 19.7 Å². The number of pyridine rings is 2. The van der Waals surface area contributed by atoms with Gasteiger partial charge in [-0.25, -0.2) is 4.68 Å². The van der Waals surface area contributed by atoms with Crippen molar-refractivity contribution in [1.29, 1.82) is 0 Å². The Morgan fingerprint density at radius 3 is 3.00 bits per heavy atom. The zero-order valence-electron chi connectivity index (χ0n) is 8.29. The minimum Gasteiger partial charge on any atom is -0.319 e. The summed E-state index contributed by atoms with van der Waals surface area (Å²) in [6.07, 6.45) is 5.19. The quantitative estimate of drug-likeness (QED) is 0.657. The molecule has 0 aliphatic rings. The molecule has 0 saturated carbocycles. The highest BCUT2D eigenvalue weighted by atomic mass is 16.1. The summed E-state index contributed by atoms with van der Waals surface area (Å²) >= 11 is 0. The molecule has 5 heteroatoms. The van der Waals surface area contributed by atoms with Crippen LogP contribution in [0.2, 0.25) is 0 Å². The van der Waals surface area contributed by atoms with Gasteiger partial charge in [-0.2, -0.15) is 5.10 Å². The first-order valence-corrected chi connectivity index (χ1v) is 4.82. The number of aromatic amines is 1. The molecule has 3 aromatic rings. The number of nitrogens with zero attached hydrogens (tertiary/aromatic N) is 3. The van der Waals surface area contributed by atoms with Gasteiger partial charge in [0.1, 0.15) is 5.52 Å². The van der Waals surface area contributed by atoms with Crippen molar-refractivity contribution in [2.24, 2.45) is 0 Å². The van der Waals surface area contributed by atoms with Gasteiger partial charge in [0.05, 0.1) is 23.6 Å². The van der Waals surface area contributed by atoms with E-state index < -0.39 is 0 Å². The van der Waals surface area contributed by atoms with Crippen LogP contribution in [0.25, 0.3) is 16.7 Å². The number of rotatable bonds is 1. The molecule has 0 amide bonds. The van der Waals surface area contributed by atoms with Crippen LogP contribution in [0.15, 0.2) is 47.7 Å². The Balaban J connectivity index is 2.23. The standard InChI is InChI=1S/C11H8N4O/c16-11-4-3-9-10(13-11)7-15(14-9)8-2-1-5-12-6-8/h1-7H,(H,13,16). The van der Waals surface area contributed by atoms with E-state index in [2.05, 4.69) is 15.1 Å². The van der Waals surface area contributed by atoms with Gasteiger partial charge in [-0.1, -0.05) is 0 Å². The molecule has 3 aromatic heterocycles. The van der Waals surface area contributed by atoms with Crippen molar-refractivity contribution in [3.63, 3.8) is 0 Å². The van der Waals surface area contributed by atoms with Crippen molar-refractivity contribution >= 4 is 11.0 Å². The second kappa shape index (κ2) is 3.30. The van der Waals surface area contributed by atoms with Crippen LogP contribution in [0.4, 0.5) is 0 Å². The molecule has 0 spiro atoms. The maximum absolute atomic E-state index is 11.1. The Morgan fingerprint density at radius 2 is 2.19 bits per heavy atom. The number of aromatic nitrogens is 4. The average molecular weight is 212 g/mol. The number of hydrogen-bond acceptors (Lipinski definition) is 3. The van der Waals surface area contributed by atoms with Crippen LogP contribution in [0.1, 0.15) is 0 Å². The molecule has 0 saturated heterocycles. The Hall–Kier alpha value is -2.43. The summed E-state index contributed by atoms with van der Waals surface area (Å²) in [6, 6.07) is 6.89. The molecule has 0 aliphatic heterocycles. The van der Waals surface area contributed by atoms with Gasteiger partial charge in [0.25, 0.3) is 0 Å². The molecule has 0 radical (unpaired) electrons. The van der Waals surface area contributed by atoms with Gasteiger partial charge in [-0.15, -0.1) is 0 Å². The molecule has 0 unspecified atom stereocenters. The highest BCUT2D eigenvalue weighted by molar-refractivity contribution is 5.73. The van der Waals surface area contributed by atoms with E-state index in [1.54, 1.807) is 29.3 Å². The van der Waals surface area contributed by atoms with E-state index in [1.807, 2.05) is 12.1 Å². The number of nitrogens with one attached hydrogen (secondary N) is 1. The second-order valence-electron chi connectivity index (χ2n) is 3.41. The van der Waals surface area contributed by atoms with E-state index >= 15 is 0 Å². The zero-order valence-corrected chi connectivity index (χ0v) is 8.29. The van der Waals surface area contributed by atoms with E-state index in [4.69, 9.17) is 0 Å². The predicted molar refractivity (Wildman–Crippen MR) is 59.5 cm³/mol. The lowest BCUT2D eigenvalue weighted by Crippen LogP contribution is -2.00. The SMILES string of the molecule is O=c1ccc2nn(-c3cccnc3)cc2[nH]1. The first-order valence-electron chi connectivity index (χ1n) is 4.82. The third-order valence-corrected chi connectivity index (χ3v) is 2.30. The molecule has 78 valence electrons. The van der Waals surface area contributed by atoms with Gasteiger partial charge in [0, 0.05) is 12.3 Å². The lowest BCUT2D eigenvalue weighted by atomic mass is 10.4. The highest BCUT2D eigenvalue weighted by Crippen LogP contribution is 2.10. The number of hydrogen-bond donors (Lipinski definition) is 1. The summed E-state index contributed by atoms with van der Waals surface area (Å²) < 4.78 is 1.69. The molecular formula is C11H8N4O. The minimum atomic E-state index is -0.127. The predicted octanol–water partition coefficient (Wildman–Crippen LogP) is 1.11. The number of fused-ring (bicyclic) bond motifs is 1. The Labute approximate surface area is 90.4 Å². The normalized spacial score (nSPS) is 10.8. The largest absolute Gasteiger partial charge is 0.319 e. The fraction of sp³-hybridized carbons (Fsp3) is 0. The van der Waals surface area contributed by atoms with Gasteiger partial charge in [0.2, 0.25) is 5.56 Å². The van der Waals surface area contributed by atoms with E-state index in [0.717, 1.165) is 16.7 Å². The summed E-state index contributed by atoms with van der Waals surface area (Å²) in [4.78, 5) is 17.9. The van der Waals surface area contributed by atoms with E-state index in [-0.39, 0.29) is 5.56 Å². The average Bonchev–Trinajstić information content (AvgIpc) is 2.73. The van der Waals surface area contributed by atoms with Gasteiger partial charge in [-0.3, -0.25) is 9.78 Å². The van der Waals surface area contributed by atoms with Gasteiger partial charge >= 0.3 is 0 Å². The van der Waals surface area contributed by atoms with Gasteiger partial charge in [0.15, 0.2) is 0 Å². The minimum absolute atomic E-state index is 0.127. The Bertz CT molecular complexity index is 684. The van der Waals surface area contributed by atoms with Crippen LogP contribution < -0.4 is 5.56 Å². The lowest BCUT2D eigenvalue weighted by Gasteiger charge is -1.97. The fourth-order valence-corrected chi connectivity index (χ4v) is 1.56. The fourth-order valence-electron chi connectivity index (χ4n) is 1.56. The molecule has 3 heterocycles. The molecule has 3 rings (SSSR count). The van der Waals surface area contributed by atoms with Crippen molar-refractivity contribution in [1.82, 2.24) is 19.7 Å². The smallest absolute Gasteiger partial charge is 0.248 e. The van der Waals surface area contributed by atoms with E-state index in [9.17, 15) is 4.79 Å². The van der Waals surface area contributed by atoms with Crippen molar-refractivity contribution in [3.8, 4) is 5.69 Å². The molecule has 0 fully saturated rings. The molecule has 1 N–H and O–H groups in total. The third-order valence-electron chi connectivity index (χ3n) is 2.30. The van der Waals surface area contributed by atoms with Gasteiger partial charge < -0.3 is 4.98 Å². The Morgan fingerprint density at radius 1 is 1.25 bits per heavy atom. The maximum atomic E-state index is 11.1.